The molecule has 0 unspecified atom stereocenters. The van der Waals surface area contributed by atoms with Crippen molar-refractivity contribution in [3.63, 3.8) is 0 Å². The highest BCUT2D eigenvalue weighted by atomic mass is 32.2. The third kappa shape index (κ3) is 5.52. The third-order valence-electron chi connectivity index (χ3n) is 3.28. The number of rotatable bonds is 5. The van der Waals surface area contributed by atoms with Gasteiger partial charge in [-0.2, -0.15) is 0 Å². The van der Waals surface area contributed by atoms with Crippen LogP contribution in [0.5, 0.6) is 0 Å². The molecule has 2 aromatic carbocycles. The van der Waals surface area contributed by atoms with E-state index in [0.29, 0.717) is 11.3 Å². The summed E-state index contributed by atoms with van der Waals surface area (Å²) >= 11 is 0. The van der Waals surface area contributed by atoms with Gasteiger partial charge in [0.2, 0.25) is 11.8 Å². The van der Waals surface area contributed by atoms with E-state index >= 15 is 0 Å². The zero-order chi connectivity index (χ0) is 19.3. The van der Waals surface area contributed by atoms with Crippen LogP contribution in [0.1, 0.15) is 12.5 Å². The molecule has 0 saturated carbocycles. The standard InChI is InChI=1S/C18H17FN2O4S/c1-12(22)20-14-6-3-13(4-7-14)5-10-18(23)21-17-11-15(26(2,24)25)8-9-16(17)19/h3-11H,1-2H3,(H,20,22)(H,21,23)/b10-5+. The minimum atomic E-state index is -3.51. The van der Waals surface area contributed by atoms with Gasteiger partial charge in [0.15, 0.2) is 9.84 Å². The van der Waals surface area contributed by atoms with Crippen molar-refractivity contribution < 1.29 is 22.4 Å². The van der Waals surface area contributed by atoms with Gasteiger partial charge in [-0.15, -0.1) is 0 Å². The van der Waals surface area contributed by atoms with E-state index in [0.717, 1.165) is 24.5 Å². The normalized spacial score (nSPS) is 11.3. The number of carbonyl (C=O) groups excluding carboxylic acids is 2. The molecule has 0 aliphatic carbocycles. The molecule has 6 nitrogen and oxygen atoms in total. The molecule has 0 saturated heterocycles. The largest absolute Gasteiger partial charge is 0.326 e. The highest BCUT2D eigenvalue weighted by molar-refractivity contribution is 7.90. The highest BCUT2D eigenvalue weighted by Gasteiger charge is 2.12. The number of anilines is 2. The van der Waals surface area contributed by atoms with Crippen LogP contribution >= 0.6 is 0 Å². The van der Waals surface area contributed by atoms with Gasteiger partial charge in [0, 0.05) is 24.9 Å². The molecule has 136 valence electrons. The number of hydrogen-bond acceptors (Lipinski definition) is 4. The summed E-state index contributed by atoms with van der Waals surface area (Å²) in [6.07, 6.45) is 3.70. The van der Waals surface area contributed by atoms with Gasteiger partial charge in [-0.1, -0.05) is 12.1 Å². The van der Waals surface area contributed by atoms with Crippen LogP contribution in [0, 0.1) is 5.82 Å². The van der Waals surface area contributed by atoms with E-state index < -0.39 is 21.6 Å². The molecule has 0 fully saturated rings. The molecule has 0 aliphatic heterocycles. The van der Waals surface area contributed by atoms with Gasteiger partial charge < -0.3 is 10.6 Å². The van der Waals surface area contributed by atoms with Crippen molar-refractivity contribution in [3.05, 3.63) is 59.9 Å². The predicted octanol–water partition coefficient (Wildman–Crippen LogP) is 2.84. The number of carbonyl (C=O) groups is 2. The summed E-state index contributed by atoms with van der Waals surface area (Å²) in [7, 11) is -3.51. The summed E-state index contributed by atoms with van der Waals surface area (Å²) < 4.78 is 36.8. The van der Waals surface area contributed by atoms with Gasteiger partial charge in [0.05, 0.1) is 10.6 Å². The molecular formula is C18H17FN2O4S. The topological polar surface area (TPSA) is 92.3 Å². The first-order chi connectivity index (χ1) is 12.1. The molecule has 2 aromatic rings. The quantitative estimate of drug-likeness (QED) is 0.620. The molecule has 0 spiro atoms. The average molecular weight is 376 g/mol. The van der Waals surface area contributed by atoms with E-state index in [1.807, 2.05) is 0 Å². The van der Waals surface area contributed by atoms with Crippen LogP contribution in [0.25, 0.3) is 6.08 Å². The van der Waals surface area contributed by atoms with Crippen LogP contribution < -0.4 is 10.6 Å². The predicted molar refractivity (Wildman–Crippen MR) is 97.9 cm³/mol. The lowest BCUT2D eigenvalue weighted by molar-refractivity contribution is -0.114. The lowest BCUT2D eigenvalue weighted by Gasteiger charge is -2.06. The first kappa shape index (κ1) is 19.3. The van der Waals surface area contributed by atoms with Gasteiger partial charge in [0.1, 0.15) is 5.82 Å². The van der Waals surface area contributed by atoms with E-state index in [-0.39, 0.29) is 16.5 Å². The maximum absolute atomic E-state index is 13.8. The van der Waals surface area contributed by atoms with E-state index in [1.54, 1.807) is 24.3 Å². The Hall–Kier alpha value is -3.00. The molecule has 2 amide bonds. The lowest BCUT2D eigenvalue weighted by Crippen LogP contribution is -2.10. The molecule has 26 heavy (non-hydrogen) atoms. The van der Waals surface area contributed by atoms with Crippen molar-refractivity contribution in [1.82, 2.24) is 0 Å². The van der Waals surface area contributed by atoms with Crippen LogP contribution in [0.2, 0.25) is 0 Å². The van der Waals surface area contributed by atoms with Crippen LogP contribution in [0.4, 0.5) is 15.8 Å². The Labute approximate surface area is 150 Å². The fourth-order valence-corrected chi connectivity index (χ4v) is 2.71. The summed E-state index contributed by atoms with van der Waals surface area (Å²) in [5, 5.41) is 4.93. The summed E-state index contributed by atoms with van der Waals surface area (Å²) in [6.45, 7) is 1.40. The van der Waals surface area contributed by atoms with E-state index in [4.69, 9.17) is 0 Å². The average Bonchev–Trinajstić information content (AvgIpc) is 2.54. The summed E-state index contributed by atoms with van der Waals surface area (Å²) in [5.74, 6) is -1.54. The summed E-state index contributed by atoms with van der Waals surface area (Å²) in [5.41, 5.74) is 1.10. The van der Waals surface area contributed by atoms with Crippen molar-refractivity contribution in [2.24, 2.45) is 0 Å². The first-order valence-electron chi connectivity index (χ1n) is 7.51. The number of nitrogens with one attached hydrogen (secondary N) is 2. The van der Waals surface area contributed by atoms with Gasteiger partial charge in [0.25, 0.3) is 0 Å². The van der Waals surface area contributed by atoms with E-state index in [9.17, 15) is 22.4 Å². The van der Waals surface area contributed by atoms with Crippen molar-refractivity contribution in [1.29, 1.82) is 0 Å². The van der Waals surface area contributed by atoms with Crippen molar-refractivity contribution >= 4 is 39.1 Å². The Bertz CT molecular complexity index is 967. The molecular weight excluding hydrogens is 359 g/mol. The summed E-state index contributed by atoms with van der Waals surface area (Å²) in [4.78, 5) is 22.8. The van der Waals surface area contributed by atoms with Crippen molar-refractivity contribution in [2.75, 3.05) is 16.9 Å². The molecule has 8 heteroatoms. The molecule has 2 N–H and O–H groups in total. The number of hydrogen-bond donors (Lipinski definition) is 2. The maximum Gasteiger partial charge on any atom is 0.248 e. The Morgan fingerprint density at radius 2 is 1.69 bits per heavy atom. The molecule has 2 rings (SSSR count). The zero-order valence-corrected chi connectivity index (χ0v) is 14.9. The maximum atomic E-state index is 13.8. The highest BCUT2D eigenvalue weighted by Crippen LogP contribution is 2.19. The van der Waals surface area contributed by atoms with Crippen LogP contribution in [-0.4, -0.2) is 26.5 Å². The fourth-order valence-electron chi connectivity index (χ4n) is 2.06. The SMILES string of the molecule is CC(=O)Nc1ccc(/C=C/C(=O)Nc2cc(S(C)(=O)=O)ccc2F)cc1. The molecule has 0 aliphatic rings. The minimum absolute atomic E-state index is 0.0910. The van der Waals surface area contributed by atoms with Crippen LogP contribution in [0.15, 0.2) is 53.4 Å². The van der Waals surface area contributed by atoms with Crippen molar-refractivity contribution in [2.45, 2.75) is 11.8 Å². The first-order valence-corrected chi connectivity index (χ1v) is 9.40. The lowest BCUT2D eigenvalue weighted by atomic mass is 10.2. The Balaban J connectivity index is 2.09. The number of amides is 2. The molecule has 0 radical (unpaired) electrons. The second kappa shape index (κ2) is 7.92. The Morgan fingerprint density at radius 1 is 1.04 bits per heavy atom. The molecule has 0 atom stereocenters. The molecule has 0 heterocycles. The van der Waals surface area contributed by atoms with Crippen LogP contribution in [-0.2, 0) is 19.4 Å². The van der Waals surface area contributed by atoms with E-state index in [2.05, 4.69) is 10.6 Å². The zero-order valence-electron chi connectivity index (χ0n) is 14.1. The number of benzene rings is 2. The molecule has 0 bridgehead atoms. The van der Waals surface area contributed by atoms with Crippen LogP contribution in [0.3, 0.4) is 0 Å². The minimum Gasteiger partial charge on any atom is -0.326 e. The second-order valence-electron chi connectivity index (χ2n) is 5.54. The van der Waals surface area contributed by atoms with Gasteiger partial charge in [-0.05, 0) is 42.0 Å². The van der Waals surface area contributed by atoms with E-state index in [1.165, 1.54) is 19.1 Å². The van der Waals surface area contributed by atoms with Gasteiger partial charge in [-0.3, -0.25) is 9.59 Å². The second-order valence-corrected chi connectivity index (χ2v) is 7.56. The third-order valence-corrected chi connectivity index (χ3v) is 4.39. The Morgan fingerprint density at radius 3 is 2.27 bits per heavy atom. The smallest absolute Gasteiger partial charge is 0.248 e. The molecule has 0 aromatic heterocycles. The Kier molecular flexibility index (Phi) is 5.89. The fraction of sp³-hybridized carbons (Fsp3) is 0.111. The van der Waals surface area contributed by atoms with Crippen molar-refractivity contribution in [3.8, 4) is 0 Å². The van der Waals surface area contributed by atoms with Gasteiger partial charge >= 0.3 is 0 Å². The van der Waals surface area contributed by atoms with Gasteiger partial charge in [-0.25, -0.2) is 12.8 Å². The monoisotopic (exact) mass is 376 g/mol. The summed E-state index contributed by atoms with van der Waals surface area (Å²) in [6, 6.07) is 9.92. The number of sulfone groups is 1. The number of halogens is 1.